The number of aryl methyl sites for hydroxylation is 1. The number of nitrogens with zero attached hydrogens (tertiary/aromatic N) is 2. The van der Waals surface area contributed by atoms with E-state index in [2.05, 4.69) is 34.2 Å². The minimum absolute atomic E-state index is 0.0326. The Kier molecular flexibility index (Phi) is 7.53. The molecule has 0 aromatic heterocycles. The van der Waals surface area contributed by atoms with Crippen LogP contribution in [0, 0.1) is 6.92 Å². The Hall–Kier alpha value is -2.08. The number of nitrogens with one attached hydrogen (secondary N) is 1. The number of methoxy groups -OCH3 is 1. The largest absolute Gasteiger partial charge is 0.496 e. The normalized spacial score (nSPS) is 16.4. The summed E-state index contributed by atoms with van der Waals surface area (Å²) in [7, 11) is 1.72. The van der Waals surface area contributed by atoms with Crippen LogP contribution in [0.1, 0.15) is 29.7 Å². The van der Waals surface area contributed by atoms with Gasteiger partial charge >= 0.3 is 0 Å². The van der Waals surface area contributed by atoms with Crippen LogP contribution in [-0.2, 0) is 11.3 Å². The number of rotatable bonds is 7. The van der Waals surface area contributed by atoms with Gasteiger partial charge in [-0.25, -0.2) is 0 Å². The second-order valence-corrected chi connectivity index (χ2v) is 8.14. The molecule has 6 heteroatoms. The Balaban J connectivity index is 1.45. The fraction of sp³-hybridized carbons (Fsp3) is 0.435. The van der Waals surface area contributed by atoms with Crippen LogP contribution in [0.15, 0.2) is 42.5 Å². The van der Waals surface area contributed by atoms with E-state index in [-0.39, 0.29) is 11.9 Å². The molecule has 1 atom stereocenters. The van der Waals surface area contributed by atoms with E-state index in [4.69, 9.17) is 16.3 Å². The van der Waals surface area contributed by atoms with Gasteiger partial charge < -0.3 is 10.1 Å². The first-order valence-corrected chi connectivity index (χ1v) is 10.5. The van der Waals surface area contributed by atoms with E-state index in [1.54, 1.807) is 7.11 Å². The molecule has 2 aromatic carbocycles. The molecular formula is C23H30ClN3O2. The van der Waals surface area contributed by atoms with E-state index in [1.807, 2.05) is 37.3 Å². The van der Waals surface area contributed by atoms with Gasteiger partial charge in [-0.05, 0) is 37.6 Å². The molecule has 156 valence electrons. The number of ether oxygens (including phenoxy) is 1. The summed E-state index contributed by atoms with van der Waals surface area (Å²) in [6, 6.07) is 13.9. The smallest absolute Gasteiger partial charge is 0.234 e. The highest BCUT2D eigenvalue weighted by Crippen LogP contribution is 2.22. The van der Waals surface area contributed by atoms with Crippen LogP contribution in [0.3, 0.4) is 0 Å². The first-order valence-electron chi connectivity index (χ1n) is 10.1. The monoisotopic (exact) mass is 415 g/mol. The second-order valence-electron chi connectivity index (χ2n) is 7.71. The van der Waals surface area contributed by atoms with Gasteiger partial charge in [0, 0.05) is 43.3 Å². The van der Waals surface area contributed by atoms with Crippen molar-refractivity contribution in [3.63, 3.8) is 0 Å². The zero-order chi connectivity index (χ0) is 20.8. The van der Waals surface area contributed by atoms with E-state index < -0.39 is 0 Å². The van der Waals surface area contributed by atoms with Crippen molar-refractivity contribution in [2.24, 2.45) is 0 Å². The summed E-state index contributed by atoms with van der Waals surface area (Å²) < 4.78 is 5.50. The van der Waals surface area contributed by atoms with E-state index in [0.717, 1.165) is 44.0 Å². The molecule has 1 N–H and O–H groups in total. The lowest BCUT2D eigenvalue weighted by Crippen LogP contribution is -2.49. The number of halogens is 1. The van der Waals surface area contributed by atoms with Crippen molar-refractivity contribution in [3.8, 4) is 5.75 Å². The van der Waals surface area contributed by atoms with Crippen LogP contribution < -0.4 is 10.1 Å². The van der Waals surface area contributed by atoms with Gasteiger partial charge in [0.25, 0.3) is 0 Å². The lowest BCUT2D eigenvalue weighted by molar-refractivity contribution is -0.123. The first kappa shape index (κ1) is 21.6. The average molecular weight is 416 g/mol. The summed E-state index contributed by atoms with van der Waals surface area (Å²) >= 11 is 5.93. The molecule has 1 aliphatic rings. The number of benzene rings is 2. The van der Waals surface area contributed by atoms with Crippen LogP contribution in [0.5, 0.6) is 5.75 Å². The number of hydrogen-bond donors (Lipinski definition) is 1. The Bertz CT molecular complexity index is 817. The van der Waals surface area contributed by atoms with Crippen molar-refractivity contribution in [1.82, 2.24) is 15.1 Å². The zero-order valence-corrected chi connectivity index (χ0v) is 18.2. The summed E-state index contributed by atoms with van der Waals surface area (Å²) in [5.41, 5.74) is 3.51. The summed E-state index contributed by atoms with van der Waals surface area (Å²) in [5.74, 6) is 0.995. The van der Waals surface area contributed by atoms with Crippen molar-refractivity contribution in [2.75, 3.05) is 39.8 Å². The van der Waals surface area contributed by atoms with Crippen LogP contribution in [-0.4, -0.2) is 55.5 Å². The molecule has 0 spiro atoms. The third-order valence-electron chi connectivity index (χ3n) is 5.41. The highest BCUT2D eigenvalue weighted by molar-refractivity contribution is 6.30. The zero-order valence-electron chi connectivity index (χ0n) is 17.5. The molecule has 1 heterocycles. The third-order valence-corrected chi connectivity index (χ3v) is 5.66. The number of hydrogen-bond acceptors (Lipinski definition) is 4. The molecule has 29 heavy (non-hydrogen) atoms. The highest BCUT2D eigenvalue weighted by Gasteiger charge is 2.21. The van der Waals surface area contributed by atoms with Crippen molar-refractivity contribution < 1.29 is 9.53 Å². The van der Waals surface area contributed by atoms with Gasteiger partial charge in [-0.2, -0.15) is 0 Å². The molecule has 1 amide bonds. The summed E-state index contributed by atoms with van der Waals surface area (Å²) in [6.45, 7) is 9.05. The van der Waals surface area contributed by atoms with Gasteiger partial charge in [0.1, 0.15) is 5.75 Å². The summed E-state index contributed by atoms with van der Waals surface area (Å²) in [6.07, 6.45) is 0. The molecule has 0 radical (unpaired) electrons. The number of amides is 1. The van der Waals surface area contributed by atoms with Gasteiger partial charge in [-0.3, -0.25) is 14.6 Å². The SMILES string of the molecule is COc1ccc(C)cc1CN1CCN(CC(=O)N[C@@H](C)c2ccc(Cl)cc2)CC1. The molecule has 0 aliphatic carbocycles. The van der Waals surface area contributed by atoms with E-state index in [0.29, 0.717) is 11.6 Å². The van der Waals surface area contributed by atoms with E-state index in [9.17, 15) is 4.79 Å². The van der Waals surface area contributed by atoms with Gasteiger partial charge in [-0.15, -0.1) is 0 Å². The van der Waals surface area contributed by atoms with Crippen LogP contribution >= 0.6 is 11.6 Å². The maximum Gasteiger partial charge on any atom is 0.234 e. The lowest BCUT2D eigenvalue weighted by Gasteiger charge is -2.34. The molecule has 0 unspecified atom stereocenters. The standard InChI is InChI=1S/C23H30ClN3O2/c1-17-4-9-22(29-3)20(14-17)15-26-10-12-27(13-11-26)16-23(28)25-18(2)19-5-7-21(24)8-6-19/h4-9,14,18H,10-13,15-16H2,1-3H3,(H,25,28)/t18-/m0/s1. The van der Waals surface area contributed by atoms with Crippen molar-refractivity contribution in [2.45, 2.75) is 26.4 Å². The fourth-order valence-electron chi connectivity index (χ4n) is 3.70. The van der Waals surface area contributed by atoms with Crippen LogP contribution in [0.4, 0.5) is 0 Å². The maximum absolute atomic E-state index is 12.4. The number of piperazine rings is 1. The van der Waals surface area contributed by atoms with Gasteiger partial charge in [0.15, 0.2) is 0 Å². The Morgan fingerprint density at radius 1 is 1.10 bits per heavy atom. The van der Waals surface area contributed by atoms with Crippen LogP contribution in [0.2, 0.25) is 5.02 Å². The molecular weight excluding hydrogens is 386 g/mol. The Morgan fingerprint density at radius 2 is 1.76 bits per heavy atom. The minimum atomic E-state index is -0.0326. The minimum Gasteiger partial charge on any atom is -0.496 e. The molecule has 5 nitrogen and oxygen atoms in total. The van der Waals surface area contributed by atoms with E-state index in [1.165, 1.54) is 11.1 Å². The maximum atomic E-state index is 12.4. The molecule has 2 aromatic rings. The summed E-state index contributed by atoms with van der Waals surface area (Å²) in [5, 5.41) is 3.78. The summed E-state index contributed by atoms with van der Waals surface area (Å²) in [4.78, 5) is 17.1. The average Bonchev–Trinajstić information content (AvgIpc) is 2.70. The fourth-order valence-corrected chi connectivity index (χ4v) is 3.83. The van der Waals surface area contributed by atoms with Gasteiger partial charge in [-0.1, -0.05) is 41.4 Å². The van der Waals surface area contributed by atoms with Gasteiger partial charge in [0.05, 0.1) is 19.7 Å². The Labute approximate surface area is 178 Å². The Morgan fingerprint density at radius 3 is 2.41 bits per heavy atom. The predicted molar refractivity (Wildman–Crippen MR) is 117 cm³/mol. The van der Waals surface area contributed by atoms with Gasteiger partial charge in [0.2, 0.25) is 5.91 Å². The van der Waals surface area contributed by atoms with E-state index >= 15 is 0 Å². The molecule has 0 saturated carbocycles. The van der Waals surface area contributed by atoms with Crippen molar-refractivity contribution in [1.29, 1.82) is 0 Å². The molecule has 3 rings (SSSR count). The third kappa shape index (κ3) is 6.20. The molecule has 0 bridgehead atoms. The highest BCUT2D eigenvalue weighted by atomic mass is 35.5. The molecule has 1 fully saturated rings. The number of carbonyl (C=O) groups is 1. The quantitative estimate of drug-likeness (QED) is 0.749. The topological polar surface area (TPSA) is 44.8 Å². The lowest BCUT2D eigenvalue weighted by atomic mass is 10.1. The number of carbonyl (C=O) groups excluding carboxylic acids is 1. The molecule has 1 aliphatic heterocycles. The molecule has 1 saturated heterocycles. The van der Waals surface area contributed by atoms with Crippen LogP contribution in [0.25, 0.3) is 0 Å². The predicted octanol–water partition coefficient (Wildman–Crippen LogP) is 3.65. The van der Waals surface area contributed by atoms with Crippen molar-refractivity contribution in [3.05, 3.63) is 64.2 Å². The first-order chi connectivity index (χ1) is 13.9. The second kappa shape index (κ2) is 10.1. The van der Waals surface area contributed by atoms with Crippen molar-refractivity contribution >= 4 is 17.5 Å².